The fourth-order valence-corrected chi connectivity index (χ4v) is 6.24. The van der Waals surface area contributed by atoms with E-state index < -0.39 is 6.04 Å². The van der Waals surface area contributed by atoms with Gasteiger partial charge in [0.05, 0.1) is 25.9 Å². The lowest BCUT2D eigenvalue weighted by Gasteiger charge is -2.37. The lowest BCUT2D eigenvalue weighted by atomic mass is 9.89. The number of anilines is 1. The van der Waals surface area contributed by atoms with Crippen molar-refractivity contribution in [1.82, 2.24) is 9.88 Å². The zero-order valence-corrected chi connectivity index (χ0v) is 22.4. The number of aromatic amines is 1. The number of carbonyl (C=O) groups excluding carboxylic acids is 1. The van der Waals surface area contributed by atoms with Gasteiger partial charge in [0.15, 0.2) is 5.11 Å². The maximum Gasteiger partial charge on any atom is 0.256 e. The van der Waals surface area contributed by atoms with E-state index in [4.69, 9.17) is 21.7 Å². The van der Waals surface area contributed by atoms with E-state index in [1.807, 2.05) is 55.5 Å². The number of hydrogen-bond donors (Lipinski definition) is 1. The number of carbonyl (C=O) groups is 1. The number of methoxy groups -OCH3 is 2. The molecule has 1 amide bonds. The molecule has 6 nitrogen and oxygen atoms in total. The molecular formula is C28H24BrN3O3S. The molecular weight excluding hydrogens is 538 g/mol. The highest BCUT2D eigenvalue weighted by Gasteiger charge is 2.51. The van der Waals surface area contributed by atoms with Gasteiger partial charge in [-0.25, -0.2) is 0 Å². The molecule has 3 aromatic carbocycles. The number of aromatic nitrogens is 1. The molecule has 1 saturated heterocycles. The SMILES string of the molecule is COc1ccc(C2c3[nH]c4ccc(Br)cc4c3CC3C(=O)N(c4ccc(OC)cc4C)C(=S)N32)cc1. The van der Waals surface area contributed by atoms with Crippen molar-refractivity contribution in [1.29, 1.82) is 0 Å². The Kier molecular flexibility index (Phi) is 5.53. The zero-order chi connectivity index (χ0) is 25.1. The summed E-state index contributed by atoms with van der Waals surface area (Å²) in [6.07, 6.45) is 0.573. The van der Waals surface area contributed by atoms with Crippen LogP contribution in [-0.4, -0.2) is 41.2 Å². The Balaban J connectivity index is 1.52. The number of halogens is 1. The summed E-state index contributed by atoms with van der Waals surface area (Å²) in [5.41, 5.74) is 6.01. The second-order valence-electron chi connectivity index (χ2n) is 9.12. The second-order valence-corrected chi connectivity index (χ2v) is 10.4. The van der Waals surface area contributed by atoms with Crippen LogP contribution in [0.5, 0.6) is 11.5 Å². The molecule has 2 unspecified atom stereocenters. The quantitative estimate of drug-likeness (QED) is 0.314. The first-order chi connectivity index (χ1) is 17.4. The molecule has 0 saturated carbocycles. The highest BCUT2D eigenvalue weighted by Crippen LogP contribution is 2.46. The van der Waals surface area contributed by atoms with Gasteiger partial charge in [-0.2, -0.15) is 0 Å². The second kappa shape index (κ2) is 8.64. The van der Waals surface area contributed by atoms with Gasteiger partial charge in [0.25, 0.3) is 5.91 Å². The highest BCUT2D eigenvalue weighted by atomic mass is 79.9. The highest BCUT2D eigenvalue weighted by molar-refractivity contribution is 9.10. The Labute approximate surface area is 222 Å². The van der Waals surface area contributed by atoms with Crippen LogP contribution in [0.2, 0.25) is 0 Å². The number of nitrogens with zero attached hydrogens (tertiary/aromatic N) is 2. The third kappa shape index (κ3) is 3.43. The van der Waals surface area contributed by atoms with Crippen molar-refractivity contribution in [3.8, 4) is 11.5 Å². The van der Waals surface area contributed by atoms with Crippen molar-refractivity contribution < 1.29 is 14.3 Å². The van der Waals surface area contributed by atoms with Crippen molar-refractivity contribution in [3.05, 3.63) is 87.5 Å². The fourth-order valence-electron chi connectivity index (χ4n) is 5.45. The molecule has 0 spiro atoms. The molecule has 3 heterocycles. The van der Waals surface area contributed by atoms with E-state index in [0.29, 0.717) is 11.5 Å². The molecule has 0 radical (unpaired) electrons. The Bertz CT molecular complexity index is 1530. The standard InChI is InChI=1S/C28H24BrN3O3S/c1-15-12-19(35-3)9-11-23(15)32-27(33)24-14-21-20-13-17(29)6-10-22(20)30-25(21)26(31(24)28(32)36)16-4-7-18(34-2)8-5-16/h4-13,24,26,30H,14H2,1-3H3. The zero-order valence-electron chi connectivity index (χ0n) is 20.0. The van der Waals surface area contributed by atoms with Crippen LogP contribution in [0.3, 0.4) is 0 Å². The average Bonchev–Trinajstić information content (AvgIpc) is 3.37. The Morgan fingerprint density at radius 2 is 1.72 bits per heavy atom. The van der Waals surface area contributed by atoms with E-state index in [1.165, 1.54) is 0 Å². The van der Waals surface area contributed by atoms with Gasteiger partial charge in [-0.3, -0.25) is 9.69 Å². The van der Waals surface area contributed by atoms with Gasteiger partial charge in [-0.15, -0.1) is 0 Å². The van der Waals surface area contributed by atoms with Crippen LogP contribution >= 0.6 is 28.1 Å². The van der Waals surface area contributed by atoms with Crippen molar-refractivity contribution in [2.24, 2.45) is 0 Å². The van der Waals surface area contributed by atoms with Crippen LogP contribution in [0.15, 0.2) is 65.1 Å². The topological polar surface area (TPSA) is 57.8 Å². The van der Waals surface area contributed by atoms with Gasteiger partial charge in [-0.05, 0) is 84.4 Å². The van der Waals surface area contributed by atoms with Gasteiger partial charge < -0.3 is 19.4 Å². The van der Waals surface area contributed by atoms with Crippen LogP contribution in [-0.2, 0) is 11.2 Å². The first kappa shape index (κ1) is 23.1. The molecule has 2 atom stereocenters. The summed E-state index contributed by atoms with van der Waals surface area (Å²) in [5, 5.41) is 1.62. The molecule has 2 aliphatic rings. The first-order valence-corrected chi connectivity index (χ1v) is 12.9. The molecule has 4 aromatic rings. The minimum absolute atomic E-state index is 0.0122. The maximum atomic E-state index is 14.0. The van der Waals surface area contributed by atoms with Crippen LogP contribution in [0, 0.1) is 6.92 Å². The van der Waals surface area contributed by atoms with E-state index >= 15 is 0 Å². The van der Waals surface area contributed by atoms with Crippen LogP contribution in [0.1, 0.15) is 28.4 Å². The summed E-state index contributed by atoms with van der Waals surface area (Å²) in [6.45, 7) is 1.97. The van der Waals surface area contributed by atoms with E-state index in [1.54, 1.807) is 19.1 Å². The third-order valence-electron chi connectivity index (χ3n) is 7.18. The average molecular weight is 562 g/mol. The summed E-state index contributed by atoms with van der Waals surface area (Å²) in [7, 11) is 3.29. The first-order valence-electron chi connectivity index (χ1n) is 11.7. The van der Waals surface area contributed by atoms with Gasteiger partial charge in [-0.1, -0.05) is 28.1 Å². The van der Waals surface area contributed by atoms with Crippen LogP contribution in [0.4, 0.5) is 5.69 Å². The monoisotopic (exact) mass is 561 g/mol. The van der Waals surface area contributed by atoms with Crippen LogP contribution in [0.25, 0.3) is 10.9 Å². The molecule has 2 aliphatic heterocycles. The fraction of sp³-hybridized carbons (Fsp3) is 0.214. The largest absolute Gasteiger partial charge is 0.497 e. The molecule has 6 rings (SSSR count). The minimum Gasteiger partial charge on any atom is -0.497 e. The summed E-state index contributed by atoms with van der Waals surface area (Å²) in [6, 6.07) is 19.3. The van der Waals surface area contributed by atoms with Crippen molar-refractivity contribution in [3.63, 3.8) is 0 Å². The smallest absolute Gasteiger partial charge is 0.256 e. The molecule has 182 valence electrons. The molecule has 8 heteroatoms. The van der Waals surface area contributed by atoms with E-state index in [0.717, 1.165) is 54.9 Å². The molecule has 1 N–H and O–H groups in total. The number of H-pyrrole nitrogens is 1. The Morgan fingerprint density at radius 3 is 2.42 bits per heavy atom. The molecule has 1 fully saturated rings. The van der Waals surface area contributed by atoms with Crippen molar-refractivity contribution in [2.75, 3.05) is 19.1 Å². The summed E-state index contributed by atoms with van der Waals surface area (Å²) >= 11 is 9.64. The van der Waals surface area contributed by atoms with Gasteiger partial charge in [0.1, 0.15) is 17.5 Å². The van der Waals surface area contributed by atoms with Gasteiger partial charge >= 0.3 is 0 Å². The number of rotatable bonds is 4. The molecule has 36 heavy (non-hydrogen) atoms. The summed E-state index contributed by atoms with van der Waals surface area (Å²) in [4.78, 5) is 21.4. The summed E-state index contributed by atoms with van der Waals surface area (Å²) < 4.78 is 11.8. The summed E-state index contributed by atoms with van der Waals surface area (Å²) in [5.74, 6) is 1.51. The maximum absolute atomic E-state index is 14.0. The lowest BCUT2D eigenvalue weighted by molar-refractivity contribution is -0.120. The number of thiocarbonyl (C=S) groups is 1. The number of hydrogen-bond acceptors (Lipinski definition) is 4. The van der Waals surface area contributed by atoms with E-state index in [-0.39, 0.29) is 11.9 Å². The third-order valence-corrected chi connectivity index (χ3v) is 8.07. The van der Waals surface area contributed by atoms with Crippen molar-refractivity contribution >= 4 is 55.8 Å². The molecule has 0 bridgehead atoms. The molecule has 0 aliphatic carbocycles. The van der Waals surface area contributed by atoms with Crippen molar-refractivity contribution in [2.45, 2.75) is 25.4 Å². The number of aryl methyl sites for hydroxylation is 1. The number of amides is 1. The van der Waals surface area contributed by atoms with Crippen LogP contribution < -0.4 is 14.4 Å². The number of ether oxygens (including phenoxy) is 2. The number of benzene rings is 3. The predicted octanol–water partition coefficient (Wildman–Crippen LogP) is 5.90. The van der Waals surface area contributed by atoms with E-state index in [9.17, 15) is 4.79 Å². The molecule has 1 aromatic heterocycles. The van der Waals surface area contributed by atoms with Gasteiger partial charge in [0.2, 0.25) is 0 Å². The number of fused-ring (bicyclic) bond motifs is 4. The van der Waals surface area contributed by atoms with E-state index in [2.05, 4.69) is 37.9 Å². The predicted molar refractivity (Wildman–Crippen MR) is 148 cm³/mol. The Hall–Kier alpha value is -3.36. The minimum atomic E-state index is -0.406. The van der Waals surface area contributed by atoms with Gasteiger partial charge in [0, 0.05) is 27.5 Å². The lowest BCUT2D eigenvalue weighted by Crippen LogP contribution is -2.44. The Morgan fingerprint density at radius 1 is 1.00 bits per heavy atom. The normalized spacial score (nSPS) is 19.0. The number of nitrogens with one attached hydrogen (secondary N) is 1.